The van der Waals surface area contributed by atoms with Crippen LogP contribution in [0.15, 0.2) is 42.6 Å². The largest absolute Gasteiger partial charge is 0.508 e. The van der Waals surface area contributed by atoms with Crippen molar-refractivity contribution >= 4 is 10.8 Å². The molecular weight excluding hydrogens is 274 g/mol. The summed E-state index contributed by atoms with van der Waals surface area (Å²) in [6.45, 7) is 2.99. The maximum Gasteiger partial charge on any atom is 0.213 e. The zero-order valence-electron chi connectivity index (χ0n) is 12.8. The third-order valence-corrected chi connectivity index (χ3v) is 4.50. The molecule has 22 heavy (non-hydrogen) atoms. The number of benzene rings is 2. The molecule has 1 aliphatic rings. The third kappa shape index (κ3) is 1.86. The van der Waals surface area contributed by atoms with Crippen LogP contribution in [0.25, 0.3) is 22.0 Å². The first-order valence-corrected chi connectivity index (χ1v) is 7.50. The van der Waals surface area contributed by atoms with Crippen LogP contribution < -0.4 is 9.30 Å². The Morgan fingerprint density at radius 3 is 2.82 bits per heavy atom. The van der Waals surface area contributed by atoms with Crippen LogP contribution in [-0.4, -0.2) is 12.2 Å². The zero-order valence-corrected chi connectivity index (χ0v) is 12.8. The van der Waals surface area contributed by atoms with Gasteiger partial charge in [-0.2, -0.15) is 4.57 Å². The van der Waals surface area contributed by atoms with Gasteiger partial charge in [0.05, 0.1) is 12.5 Å². The van der Waals surface area contributed by atoms with Crippen molar-refractivity contribution in [2.24, 2.45) is 0 Å². The van der Waals surface area contributed by atoms with E-state index in [4.69, 9.17) is 4.74 Å². The molecular formula is C19H18NO2+. The van der Waals surface area contributed by atoms with Crippen molar-refractivity contribution in [3.63, 3.8) is 0 Å². The Labute approximate surface area is 129 Å². The summed E-state index contributed by atoms with van der Waals surface area (Å²) in [7, 11) is 1.73. The lowest BCUT2D eigenvalue weighted by Gasteiger charge is -2.16. The molecule has 0 unspecified atom stereocenters. The Hall–Kier alpha value is -2.55. The predicted molar refractivity (Wildman–Crippen MR) is 86.2 cm³/mol. The number of phenolic OH excluding ortho intramolecular Hbond substituents is 1. The second-order valence-corrected chi connectivity index (χ2v) is 5.86. The summed E-state index contributed by atoms with van der Waals surface area (Å²) in [4.78, 5) is 0. The van der Waals surface area contributed by atoms with Gasteiger partial charge in [-0.15, -0.1) is 0 Å². The summed E-state index contributed by atoms with van der Waals surface area (Å²) >= 11 is 0. The topological polar surface area (TPSA) is 33.3 Å². The highest BCUT2D eigenvalue weighted by Gasteiger charge is 2.24. The van der Waals surface area contributed by atoms with Gasteiger partial charge in [-0.25, -0.2) is 0 Å². The summed E-state index contributed by atoms with van der Waals surface area (Å²) in [6, 6.07) is 12.1. The minimum absolute atomic E-state index is 0.338. The first-order chi connectivity index (χ1) is 10.7. The van der Waals surface area contributed by atoms with Gasteiger partial charge < -0.3 is 9.84 Å². The SMILES string of the molecule is COc1c(C)ccc2cc3[n+](cc12)CCc1cc(O)ccc1-3. The average Bonchev–Trinajstić information content (AvgIpc) is 2.52. The Morgan fingerprint density at radius 1 is 1.14 bits per heavy atom. The van der Waals surface area contributed by atoms with Crippen molar-refractivity contribution in [3.05, 3.63) is 53.7 Å². The first kappa shape index (κ1) is 13.1. The lowest BCUT2D eigenvalue weighted by Crippen LogP contribution is -2.40. The molecule has 3 aromatic rings. The second-order valence-electron chi connectivity index (χ2n) is 5.86. The normalized spacial score (nSPS) is 12.8. The van der Waals surface area contributed by atoms with Gasteiger partial charge in [0.15, 0.2) is 12.7 Å². The van der Waals surface area contributed by atoms with Gasteiger partial charge in [-0.3, -0.25) is 0 Å². The van der Waals surface area contributed by atoms with Gasteiger partial charge in [0.1, 0.15) is 11.5 Å². The Bertz CT molecular complexity index is 900. The molecule has 110 valence electrons. The Kier molecular flexibility index (Phi) is 2.83. The van der Waals surface area contributed by atoms with Crippen LogP contribution >= 0.6 is 0 Å². The van der Waals surface area contributed by atoms with Crippen molar-refractivity contribution < 1.29 is 14.4 Å². The fourth-order valence-corrected chi connectivity index (χ4v) is 3.40. The number of pyridine rings is 1. The molecule has 1 N–H and O–H groups in total. The van der Waals surface area contributed by atoms with E-state index in [0.29, 0.717) is 5.75 Å². The van der Waals surface area contributed by atoms with Crippen LogP contribution in [0, 0.1) is 6.92 Å². The van der Waals surface area contributed by atoms with Gasteiger partial charge in [0, 0.05) is 18.1 Å². The molecule has 0 aliphatic carbocycles. The van der Waals surface area contributed by atoms with Crippen LogP contribution in [0.2, 0.25) is 0 Å². The fourth-order valence-electron chi connectivity index (χ4n) is 3.40. The highest BCUT2D eigenvalue weighted by molar-refractivity contribution is 5.90. The maximum atomic E-state index is 9.68. The van der Waals surface area contributed by atoms with E-state index in [1.807, 2.05) is 12.1 Å². The minimum atomic E-state index is 0.338. The van der Waals surface area contributed by atoms with E-state index in [2.05, 4.69) is 35.9 Å². The molecule has 0 saturated heterocycles. The first-order valence-electron chi connectivity index (χ1n) is 7.50. The maximum absolute atomic E-state index is 9.68. The Morgan fingerprint density at radius 2 is 2.00 bits per heavy atom. The number of aromatic nitrogens is 1. The summed E-state index contributed by atoms with van der Waals surface area (Å²) in [6.07, 6.45) is 3.12. The van der Waals surface area contributed by atoms with E-state index in [0.717, 1.165) is 29.7 Å². The standard InChI is InChI=1S/C19H17NO2/c1-12-3-4-13-10-18-16-6-5-15(21)9-14(16)7-8-20(18)11-17(13)19(12)22-2/h3-6,9-11H,7-8H2,1-2H3/p+1. The summed E-state index contributed by atoms with van der Waals surface area (Å²) in [5, 5.41) is 12.0. The minimum Gasteiger partial charge on any atom is -0.508 e. The number of nitrogens with zero attached hydrogens (tertiary/aromatic N) is 1. The van der Waals surface area contributed by atoms with E-state index in [9.17, 15) is 5.11 Å². The molecule has 3 nitrogen and oxygen atoms in total. The quantitative estimate of drug-likeness (QED) is 0.698. The molecule has 0 radical (unpaired) electrons. The number of aromatic hydroxyl groups is 1. The van der Waals surface area contributed by atoms with Crippen LogP contribution in [-0.2, 0) is 13.0 Å². The van der Waals surface area contributed by atoms with Crippen molar-refractivity contribution in [3.8, 4) is 22.8 Å². The van der Waals surface area contributed by atoms with Crippen LogP contribution in [0.1, 0.15) is 11.1 Å². The molecule has 0 bridgehead atoms. The van der Waals surface area contributed by atoms with Gasteiger partial charge in [0.2, 0.25) is 5.69 Å². The van der Waals surface area contributed by atoms with E-state index in [1.165, 1.54) is 22.2 Å². The third-order valence-electron chi connectivity index (χ3n) is 4.50. The summed E-state index contributed by atoms with van der Waals surface area (Å²) in [5.41, 5.74) is 4.75. The van der Waals surface area contributed by atoms with Crippen molar-refractivity contribution in [2.45, 2.75) is 19.9 Å². The number of fused-ring (bicyclic) bond motifs is 4. The van der Waals surface area contributed by atoms with Gasteiger partial charge in [-0.05, 0) is 41.6 Å². The zero-order chi connectivity index (χ0) is 15.3. The molecule has 1 aromatic heterocycles. The lowest BCUT2D eigenvalue weighted by atomic mass is 9.95. The number of phenols is 1. The van der Waals surface area contributed by atoms with Gasteiger partial charge >= 0.3 is 0 Å². The number of rotatable bonds is 1. The van der Waals surface area contributed by atoms with E-state index in [-0.39, 0.29) is 0 Å². The van der Waals surface area contributed by atoms with E-state index in [1.54, 1.807) is 13.2 Å². The molecule has 2 aromatic carbocycles. The average molecular weight is 292 g/mol. The Balaban J connectivity index is 2.01. The second kappa shape index (κ2) is 4.73. The van der Waals surface area contributed by atoms with Gasteiger partial charge in [0.25, 0.3) is 0 Å². The number of hydrogen-bond acceptors (Lipinski definition) is 2. The molecule has 4 rings (SSSR count). The van der Waals surface area contributed by atoms with Crippen LogP contribution in [0.5, 0.6) is 11.5 Å². The molecule has 2 heterocycles. The highest BCUT2D eigenvalue weighted by atomic mass is 16.5. The summed E-state index contributed by atoms with van der Waals surface area (Å²) < 4.78 is 7.87. The van der Waals surface area contributed by atoms with Crippen molar-refractivity contribution in [1.29, 1.82) is 0 Å². The van der Waals surface area contributed by atoms with Crippen LogP contribution in [0.4, 0.5) is 0 Å². The number of aryl methyl sites for hydroxylation is 3. The fraction of sp³-hybridized carbons (Fsp3) is 0.211. The molecule has 0 spiro atoms. The van der Waals surface area contributed by atoms with Gasteiger partial charge in [-0.1, -0.05) is 12.1 Å². The summed E-state index contributed by atoms with van der Waals surface area (Å²) in [5.74, 6) is 1.29. The smallest absolute Gasteiger partial charge is 0.213 e. The van der Waals surface area contributed by atoms with Crippen LogP contribution in [0.3, 0.4) is 0 Å². The highest BCUT2D eigenvalue weighted by Crippen LogP contribution is 2.33. The van der Waals surface area contributed by atoms with Crippen molar-refractivity contribution in [1.82, 2.24) is 0 Å². The molecule has 0 atom stereocenters. The molecule has 3 heteroatoms. The number of hydrogen-bond donors (Lipinski definition) is 1. The monoisotopic (exact) mass is 292 g/mol. The van der Waals surface area contributed by atoms with E-state index < -0.39 is 0 Å². The molecule has 0 fully saturated rings. The van der Waals surface area contributed by atoms with Crippen molar-refractivity contribution in [2.75, 3.05) is 7.11 Å². The van der Waals surface area contributed by atoms with E-state index >= 15 is 0 Å². The molecule has 1 aliphatic heterocycles. The lowest BCUT2D eigenvalue weighted by molar-refractivity contribution is -0.686. The number of ether oxygens (including phenoxy) is 1. The predicted octanol–water partition coefficient (Wildman–Crippen LogP) is 3.37. The number of methoxy groups -OCH3 is 1. The molecule has 0 amide bonds. The molecule has 0 saturated carbocycles.